The first-order chi connectivity index (χ1) is 6.12. The highest BCUT2D eigenvalue weighted by atomic mass is 31.2. The van der Waals surface area contributed by atoms with Crippen LogP contribution in [0.2, 0.25) is 0 Å². The number of hydrogen-bond donors (Lipinski definition) is 1. The largest absolute Gasteiger partial charge is 0.508 e. The van der Waals surface area contributed by atoms with E-state index in [1.165, 1.54) is 0 Å². The molecule has 0 amide bonds. The van der Waals surface area contributed by atoms with E-state index in [-0.39, 0.29) is 5.75 Å². The third-order valence-corrected chi connectivity index (χ3v) is 5.62. The molecule has 0 fully saturated rings. The summed E-state index contributed by atoms with van der Waals surface area (Å²) in [6.07, 6.45) is 1.38. The second-order valence-corrected chi connectivity index (χ2v) is 6.60. The predicted molar refractivity (Wildman–Crippen MR) is 56.4 cm³/mol. The molecule has 0 aliphatic rings. The highest BCUT2D eigenvalue weighted by Gasteiger charge is 2.19. The maximum Gasteiger partial charge on any atom is 0.115 e. The van der Waals surface area contributed by atoms with E-state index in [2.05, 4.69) is 0 Å². The first kappa shape index (κ1) is 10.3. The maximum atomic E-state index is 12.2. The second kappa shape index (κ2) is 3.97. The molecule has 0 radical (unpaired) electrons. The third-order valence-electron chi connectivity index (χ3n) is 2.34. The Balaban J connectivity index is 3.07. The van der Waals surface area contributed by atoms with E-state index < -0.39 is 7.14 Å². The Morgan fingerprint density at radius 3 is 2.00 bits per heavy atom. The van der Waals surface area contributed by atoms with Crippen molar-refractivity contribution in [1.29, 1.82) is 0 Å². The van der Waals surface area contributed by atoms with Crippen LogP contribution < -0.4 is 5.30 Å². The lowest BCUT2D eigenvalue weighted by Gasteiger charge is -2.13. The molecule has 1 N–H and O–H groups in total. The summed E-state index contributed by atoms with van der Waals surface area (Å²) >= 11 is 0. The molecule has 0 spiro atoms. The summed E-state index contributed by atoms with van der Waals surface area (Å²) < 4.78 is 12.2. The molecule has 0 heterocycles. The summed E-state index contributed by atoms with van der Waals surface area (Å²) in [5, 5.41) is 9.95. The van der Waals surface area contributed by atoms with Crippen LogP contribution in [0.3, 0.4) is 0 Å². The molecular formula is C10H15O2P. The zero-order valence-corrected chi connectivity index (χ0v) is 8.92. The summed E-state index contributed by atoms with van der Waals surface area (Å²) in [7, 11) is -2.16. The fourth-order valence-electron chi connectivity index (χ4n) is 1.31. The lowest BCUT2D eigenvalue weighted by Crippen LogP contribution is -2.07. The van der Waals surface area contributed by atoms with Gasteiger partial charge in [0.1, 0.15) is 12.9 Å². The van der Waals surface area contributed by atoms with Crippen LogP contribution in [0.5, 0.6) is 5.75 Å². The van der Waals surface area contributed by atoms with Crippen LogP contribution in [-0.2, 0) is 4.57 Å². The zero-order valence-electron chi connectivity index (χ0n) is 8.03. The molecule has 0 bridgehead atoms. The van der Waals surface area contributed by atoms with E-state index in [4.69, 9.17) is 5.11 Å². The van der Waals surface area contributed by atoms with Gasteiger partial charge in [-0.3, -0.25) is 0 Å². The van der Waals surface area contributed by atoms with Crippen molar-refractivity contribution in [3.05, 3.63) is 24.3 Å². The van der Waals surface area contributed by atoms with Gasteiger partial charge in [-0.05, 0) is 24.3 Å². The van der Waals surface area contributed by atoms with Gasteiger partial charge < -0.3 is 9.67 Å². The summed E-state index contributed by atoms with van der Waals surface area (Å²) in [5.41, 5.74) is 0. The van der Waals surface area contributed by atoms with Crippen molar-refractivity contribution in [2.75, 3.05) is 12.3 Å². The van der Waals surface area contributed by atoms with Crippen molar-refractivity contribution in [1.82, 2.24) is 0 Å². The van der Waals surface area contributed by atoms with E-state index in [1.54, 1.807) is 24.3 Å². The van der Waals surface area contributed by atoms with E-state index in [9.17, 15) is 4.57 Å². The molecule has 1 aromatic carbocycles. The van der Waals surface area contributed by atoms with E-state index >= 15 is 0 Å². The fraction of sp³-hybridized carbons (Fsp3) is 0.400. The summed E-state index contributed by atoms with van der Waals surface area (Å²) in [6.45, 7) is 3.88. The van der Waals surface area contributed by atoms with Gasteiger partial charge >= 0.3 is 0 Å². The minimum Gasteiger partial charge on any atom is -0.508 e. The van der Waals surface area contributed by atoms with Crippen LogP contribution in [0.25, 0.3) is 0 Å². The van der Waals surface area contributed by atoms with Gasteiger partial charge in [0, 0.05) is 17.6 Å². The Morgan fingerprint density at radius 1 is 1.15 bits per heavy atom. The molecule has 13 heavy (non-hydrogen) atoms. The second-order valence-electron chi connectivity index (χ2n) is 3.04. The minimum absolute atomic E-state index is 0.225. The van der Waals surface area contributed by atoms with Gasteiger partial charge in [-0.25, -0.2) is 0 Å². The van der Waals surface area contributed by atoms with Crippen LogP contribution in [0, 0.1) is 0 Å². The van der Waals surface area contributed by atoms with Gasteiger partial charge in [0.05, 0.1) is 0 Å². The first-order valence-electron chi connectivity index (χ1n) is 4.50. The highest BCUT2D eigenvalue weighted by molar-refractivity contribution is 7.71. The Labute approximate surface area is 79.0 Å². The van der Waals surface area contributed by atoms with Crippen LogP contribution in [0.4, 0.5) is 0 Å². The number of phenols is 1. The number of hydrogen-bond acceptors (Lipinski definition) is 2. The van der Waals surface area contributed by atoms with Crippen LogP contribution in [0.1, 0.15) is 13.8 Å². The predicted octanol–water partition coefficient (Wildman–Crippen LogP) is 2.42. The van der Waals surface area contributed by atoms with Crippen molar-refractivity contribution in [2.24, 2.45) is 0 Å². The van der Waals surface area contributed by atoms with Gasteiger partial charge in [-0.2, -0.15) is 0 Å². The Morgan fingerprint density at radius 2 is 1.62 bits per heavy atom. The van der Waals surface area contributed by atoms with Gasteiger partial charge in [0.2, 0.25) is 0 Å². The highest BCUT2D eigenvalue weighted by Crippen LogP contribution is 2.43. The molecule has 0 saturated carbocycles. The Hall–Kier alpha value is -0.750. The molecule has 0 aromatic heterocycles. The monoisotopic (exact) mass is 198 g/mol. The molecule has 0 unspecified atom stereocenters. The standard InChI is InChI=1S/C10H15O2P/c1-3-13(12,4-2)10-7-5-9(11)6-8-10/h5-8,11H,3-4H2,1-2H3. The van der Waals surface area contributed by atoms with Crippen molar-refractivity contribution >= 4 is 12.4 Å². The van der Waals surface area contributed by atoms with E-state index in [1.807, 2.05) is 13.8 Å². The van der Waals surface area contributed by atoms with Gasteiger partial charge in [-0.15, -0.1) is 0 Å². The number of aromatic hydroxyl groups is 1. The van der Waals surface area contributed by atoms with Gasteiger partial charge in [-0.1, -0.05) is 13.8 Å². The lowest BCUT2D eigenvalue weighted by molar-refractivity contribution is 0.475. The first-order valence-corrected chi connectivity index (χ1v) is 6.58. The molecule has 1 aromatic rings. The van der Waals surface area contributed by atoms with E-state index in [0.717, 1.165) is 5.30 Å². The fourth-order valence-corrected chi connectivity index (χ4v) is 3.18. The van der Waals surface area contributed by atoms with Crippen molar-refractivity contribution in [3.63, 3.8) is 0 Å². The lowest BCUT2D eigenvalue weighted by atomic mass is 10.3. The SMILES string of the molecule is CCP(=O)(CC)c1ccc(O)cc1. The van der Waals surface area contributed by atoms with Crippen molar-refractivity contribution < 1.29 is 9.67 Å². The van der Waals surface area contributed by atoms with Gasteiger partial charge in [0.25, 0.3) is 0 Å². The minimum atomic E-state index is -2.16. The van der Waals surface area contributed by atoms with Crippen LogP contribution in [0.15, 0.2) is 24.3 Å². The van der Waals surface area contributed by atoms with Crippen LogP contribution in [-0.4, -0.2) is 17.4 Å². The molecule has 1 rings (SSSR count). The molecule has 3 heteroatoms. The molecular weight excluding hydrogens is 183 g/mol. The zero-order chi connectivity index (χ0) is 9.90. The van der Waals surface area contributed by atoms with Crippen molar-refractivity contribution in [3.8, 4) is 5.75 Å². The smallest absolute Gasteiger partial charge is 0.115 e. The Bertz CT molecular complexity index is 308. The summed E-state index contributed by atoms with van der Waals surface area (Å²) in [5.74, 6) is 0.225. The maximum absolute atomic E-state index is 12.2. The molecule has 2 nitrogen and oxygen atoms in total. The molecule has 0 saturated heterocycles. The van der Waals surface area contributed by atoms with Crippen molar-refractivity contribution in [2.45, 2.75) is 13.8 Å². The molecule has 0 aliphatic carbocycles. The van der Waals surface area contributed by atoms with Crippen LogP contribution >= 0.6 is 7.14 Å². The molecule has 0 aliphatic heterocycles. The summed E-state index contributed by atoms with van der Waals surface area (Å²) in [4.78, 5) is 0. The Kier molecular flexibility index (Phi) is 3.16. The molecule has 0 atom stereocenters. The topological polar surface area (TPSA) is 37.3 Å². The third kappa shape index (κ3) is 2.13. The average Bonchev–Trinajstić information content (AvgIpc) is 2.18. The van der Waals surface area contributed by atoms with E-state index in [0.29, 0.717) is 12.3 Å². The number of benzene rings is 1. The molecule has 72 valence electrons. The average molecular weight is 198 g/mol. The normalized spacial score (nSPS) is 11.5. The number of rotatable bonds is 3. The van der Waals surface area contributed by atoms with Gasteiger partial charge in [0.15, 0.2) is 0 Å². The quantitative estimate of drug-likeness (QED) is 0.757. The number of phenolic OH excluding ortho intramolecular Hbond substituents is 1. The summed E-state index contributed by atoms with van der Waals surface area (Å²) in [6, 6.07) is 6.69.